The van der Waals surface area contributed by atoms with Gasteiger partial charge in [0.2, 0.25) is 0 Å². The molecular weight excluding hydrogens is 162 g/mol. The molecule has 0 atom stereocenters. The zero-order chi connectivity index (χ0) is 9.84. The van der Waals surface area contributed by atoms with E-state index in [4.69, 9.17) is 0 Å². The molecule has 0 heterocycles. The molecule has 13 heavy (non-hydrogen) atoms. The highest BCUT2D eigenvalue weighted by atomic mass is 16.1. The van der Waals surface area contributed by atoms with Gasteiger partial charge in [-0.3, -0.25) is 4.79 Å². The molecule has 0 aromatic heterocycles. The van der Waals surface area contributed by atoms with Gasteiger partial charge in [-0.05, 0) is 27.1 Å². The molecule has 70 valence electrons. The molecule has 0 N–H and O–H groups in total. The Labute approximate surface area is 79.2 Å². The molecule has 1 aromatic rings. The van der Waals surface area contributed by atoms with Gasteiger partial charge in [0.1, 0.15) is 0 Å². The maximum Gasteiger partial charge on any atom is 0.176 e. The average molecular weight is 177 g/mol. The van der Waals surface area contributed by atoms with E-state index >= 15 is 0 Å². The Morgan fingerprint density at radius 3 is 2.62 bits per heavy atom. The lowest BCUT2D eigenvalue weighted by molar-refractivity contribution is 0.0958. The van der Waals surface area contributed by atoms with Crippen molar-refractivity contribution in [2.45, 2.75) is 6.92 Å². The number of rotatable bonds is 3. The highest BCUT2D eigenvalue weighted by molar-refractivity contribution is 5.97. The summed E-state index contributed by atoms with van der Waals surface area (Å²) in [5.41, 5.74) is 1.93. The SMILES string of the molecule is Cc1cccc(C(=O)CN(C)C)c1. The normalized spacial score (nSPS) is 10.5. The summed E-state index contributed by atoms with van der Waals surface area (Å²) in [6.45, 7) is 2.47. The van der Waals surface area contributed by atoms with Gasteiger partial charge >= 0.3 is 0 Å². The predicted molar refractivity (Wildman–Crippen MR) is 54.1 cm³/mol. The Morgan fingerprint density at radius 1 is 1.38 bits per heavy atom. The Hall–Kier alpha value is -1.15. The maximum atomic E-state index is 11.6. The third kappa shape index (κ3) is 2.99. The van der Waals surface area contributed by atoms with Crippen LogP contribution >= 0.6 is 0 Å². The molecule has 0 aliphatic heterocycles. The van der Waals surface area contributed by atoms with Crippen LogP contribution in [0.5, 0.6) is 0 Å². The van der Waals surface area contributed by atoms with Gasteiger partial charge in [0, 0.05) is 5.56 Å². The number of carbonyl (C=O) groups is 1. The van der Waals surface area contributed by atoms with Gasteiger partial charge in [0.05, 0.1) is 6.54 Å². The molecule has 2 heteroatoms. The Bertz CT molecular complexity index is 305. The predicted octanol–water partition coefficient (Wildman–Crippen LogP) is 1.74. The quantitative estimate of drug-likeness (QED) is 0.655. The molecule has 0 saturated carbocycles. The lowest BCUT2D eigenvalue weighted by atomic mass is 10.1. The van der Waals surface area contributed by atoms with Crippen molar-refractivity contribution in [2.24, 2.45) is 0 Å². The largest absolute Gasteiger partial charge is 0.302 e. The van der Waals surface area contributed by atoms with Crippen LogP contribution in [0, 0.1) is 6.92 Å². The number of Topliss-reactive ketones (excluding diaryl/α,β-unsaturated/α-hetero) is 1. The summed E-state index contributed by atoms with van der Waals surface area (Å²) in [7, 11) is 3.79. The van der Waals surface area contributed by atoms with Crippen LogP contribution in [0.2, 0.25) is 0 Å². The second-order valence-corrected chi connectivity index (χ2v) is 3.53. The van der Waals surface area contributed by atoms with Crippen LogP contribution in [0.15, 0.2) is 24.3 Å². The molecule has 0 bridgehead atoms. The molecule has 1 aromatic carbocycles. The average Bonchev–Trinajstić information content (AvgIpc) is 2.03. The fraction of sp³-hybridized carbons (Fsp3) is 0.364. The molecule has 0 radical (unpaired) electrons. The number of nitrogens with zero attached hydrogens (tertiary/aromatic N) is 1. The molecule has 0 fully saturated rings. The van der Waals surface area contributed by atoms with Crippen LogP contribution in [-0.2, 0) is 0 Å². The fourth-order valence-electron chi connectivity index (χ4n) is 1.20. The summed E-state index contributed by atoms with van der Waals surface area (Å²) in [4.78, 5) is 13.4. The van der Waals surface area contributed by atoms with Crippen LogP contribution in [0.1, 0.15) is 15.9 Å². The minimum absolute atomic E-state index is 0.175. The van der Waals surface area contributed by atoms with Gasteiger partial charge in [-0.1, -0.05) is 23.8 Å². The van der Waals surface area contributed by atoms with Crippen molar-refractivity contribution < 1.29 is 4.79 Å². The molecule has 0 aliphatic rings. The summed E-state index contributed by atoms with van der Waals surface area (Å²) in [6, 6.07) is 7.69. The van der Waals surface area contributed by atoms with Gasteiger partial charge < -0.3 is 4.90 Å². The monoisotopic (exact) mass is 177 g/mol. The molecule has 1 rings (SSSR count). The van der Waals surface area contributed by atoms with E-state index in [1.54, 1.807) is 0 Å². The summed E-state index contributed by atoms with van der Waals surface area (Å²) in [6.07, 6.45) is 0. The molecular formula is C11H15NO. The molecule has 0 amide bonds. The van der Waals surface area contributed by atoms with E-state index in [0.29, 0.717) is 6.54 Å². The van der Waals surface area contributed by atoms with Crippen LogP contribution < -0.4 is 0 Å². The van der Waals surface area contributed by atoms with Crippen molar-refractivity contribution in [1.29, 1.82) is 0 Å². The third-order valence-corrected chi connectivity index (χ3v) is 1.80. The topological polar surface area (TPSA) is 20.3 Å². The van der Waals surface area contributed by atoms with Gasteiger partial charge in [0.25, 0.3) is 0 Å². The summed E-state index contributed by atoms with van der Waals surface area (Å²) in [5, 5.41) is 0. The minimum atomic E-state index is 0.175. The van der Waals surface area contributed by atoms with Gasteiger partial charge in [-0.15, -0.1) is 0 Å². The van der Waals surface area contributed by atoms with E-state index in [2.05, 4.69) is 0 Å². The summed E-state index contributed by atoms with van der Waals surface area (Å²) in [5.74, 6) is 0.175. The first-order valence-electron chi connectivity index (χ1n) is 4.34. The van der Waals surface area contributed by atoms with Crippen LogP contribution in [0.25, 0.3) is 0 Å². The zero-order valence-electron chi connectivity index (χ0n) is 8.37. The number of ketones is 1. The maximum absolute atomic E-state index is 11.6. The molecule has 0 spiro atoms. The van der Waals surface area contributed by atoms with Crippen molar-refractivity contribution in [2.75, 3.05) is 20.6 Å². The zero-order valence-corrected chi connectivity index (χ0v) is 8.37. The van der Waals surface area contributed by atoms with Crippen LogP contribution in [-0.4, -0.2) is 31.3 Å². The highest BCUT2D eigenvalue weighted by Gasteiger charge is 2.05. The van der Waals surface area contributed by atoms with E-state index in [9.17, 15) is 4.79 Å². The lowest BCUT2D eigenvalue weighted by Crippen LogP contribution is -2.21. The number of hydrogen-bond donors (Lipinski definition) is 0. The molecule has 0 saturated heterocycles. The number of carbonyl (C=O) groups excluding carboxylic acids is 1. The smallest absolute Gasteiger partial charge is 0.176 e. The Balaban J connectivity index is 2.77. The minimum Gasteiger partial charge on any atom is -0.302 e. The number of aryl methyl sites for hydroxylation is 1. The van der Waals surface area contributed by atoms with Gasteiger partial charge in [0.15, 0.2) is 5.78 Å². The van der Waals surface area contributed by atoms with Crippen molar-refractivity contribution >= 4 is 5.78 Å². The third-order valence-electron chi connectivity index (χ3n) is 1.80. The van der Waals surface area contributed by atoms with Crippen molar-refractivity contribution in [3.8, 4) is 0 Å². The number of benzene rings is 1. The van der Waals surface area contributed by atoms with Crippen molar-refractivity contribution in [3.63, 3.8) is 0 Å². The lowest BCUT2D eigenvalue weighted by Gasteiger charge is -2.08. The molecule has 0 unspecified atom stereocenters. The Morgan fingerprint density at radius 2 is 2.08 bits per heavy atom. The first-order valence-corrected chi connectivity index (χ1v) is 4.34. The van der Waals surface area contributed by atoms with Crippen molar-refractivity contribution in [1.82, 2.24) is 4.90 Å². The fourth-order valence-corrected chi connectivity index (χ4v) is 1.20. The first-order chi connectivity index (χ1) is 6.09. The van der Waals surface area contributed by atoms with E-state index in [0.717, 1.165) is 11.1 Å². The second kappa shape index (κ2) is 4.19. The van der Waals surface area contributed by atoms with Crippen LogP contribution in [0.4, 0.5) is 0 Å². The number of hydrogen-bond acceptors (Lipinski definition) is 2. The van der Waals surface area contributed by atoms with Crippen molar-refractivity contribution in [3.05, 3.63) is 35.4 Å². The molecule has 2 nitrogen and oxygen atoms in total. The Kier molecular flexibility index (Phi) is 3.20. The van der Waals surface area contributed by atoms with E-state index in [1.165, 1.54) is 0 Å². The van der Waals surface area contributed by atoms with Gasteiger partial charge in [-0.2, -0.15) is 0 Å². The summed E-state index contributed by atoms with van der Waals surface area (Å²) >= 11 is 0. The van der Waals surface area contributed by atoms with Crippen LogP contribution in [0.3, 0.4) is 0 Å². The standard InChI is InChI=1S/C11H15NO/c1-9-5-4-6-10(7-9)11(13)8-12(2)3/h4-7H,8H2,1-3H3. The molecule has 0 aliphatic carbocycles. The van der Waals surface area contributed by atoms with E-state index in [1.807, 2.05) is 50.2 Å². The van der Waals surface area contributed by atoms with Gasteiger partial charge in [-0.25, -0.2) is 0 Å². The van der Waals surface area contributed by atoms with E-state index in [-0.39, 0.29) is 5.78 Å². The first kappa shape index (κ1) is 9.93. The number of likely N-dealkylation sites (N-methyl/N-ethyl adjacent to an activating group) is 1. The highest BCUT2D eigenvalue weighted by Crippen LogP contribution is 2.04. The summed E-state index contributed by atoms with van der Waals surface area (Å²) < 4.78 is 0. The van der Waals surface area contributed by atoms with E-state index < -0.39 is 0 Å². The second-order valence-electron chi connectivity index (χ2n) is 3.53.